The van der Waals surface area contributed by atoms with Crippen LogP contribution in [-0.2, 0) is 0 Å². The second-order valence-corrected chi connectivity index (χ2v) is 5.43. The zero-order valence-corrected chi connectivity index (χ0v) is 11.5. The summed E-state index contributed by atoms with van der Waals surface area (Å²) < 4.78 is 1.57. The maximum absolute atomic E-state index is 5.73. The molecule has 1 aliphatic rings. The van der Waals surface area contributed by atoms with E-state index in [-0.39, 0.29) is 5.95 Å². The minimum absolute atomic E-state index is 0.202. The van der Waals surface area contributed by atoms with Crippen molar-refractivity contribution < 1.29 is 0 Å². The van der Waals surface area contributed by atoms with Gasteiger partial charge in [0.15, 0.2) is 0 Å². The van der Waals surface area contributed by atoms with Crippen molar-refractivity contribution in [3.63, 3.8) is 0 Å². The second-order valence-electron chi connectivity index (χ2n) is 5.43. The number of nitrogens with two attached hydrogens (primary N) is 1. The predicted molar refractivity (Wildman–Crippen MR) is 76.4 cm³/mol. The molecular weight excluding hydrogens is 254 g/mol. The number of hydrogen-bond donors (Lipinski definition) is 2. The van der Waals surface area contributed by atoms with Gasteiger partial charge in [0.25, 0.3) is 5.95 Å². The number of rotatable bonds is 4. The summed E-state index contributed by atoms with van der Waals surface area (Å²) in [6.07, 6.45) is 7.29. The van der Waals surface area contributed by atoms with Crippen LogP contribution in [0.15, 0.2) is 18.5 Å². The lowest BCUT2D eigenvalue weighted by atomic mass is 10.1. The third-order valence-electron chi connectivity index (χ3n) is 3.70. The van der Waals surface area contributed by atoms with Crippen molar-refractivity contribution in [2.45, 2.75) is 26.2 Å². The number of nitrogens with one attached hydrogen (secondary N) is 1. The largest absolute Gasteiger partial charge is 0.368 e. The number of aromatic nitrogens is 5. The molecule has 1 fully saturated rings. The third-order valence-corrected chi connectivity index (χ3v) is 3.70. The Morgan fingerprint density at radius 1 is 1.35 bits per heavy atom. The van der Waals surface area contributed by atoms with Crippen LogP contribution in [0.2, 0.25) is 0 Å². The molecule has 7 heteroatoms. The molecular formula is C13H19N7. The first-order valence-electron chi connectivity index (χ1n) is 6.96. The highest BCUT2D eigenvalue weighted by Crippen LogP contribution is 2.30. The first-order valence-corrected chi connectivity index (χ1v) is 6.96. The summed E-state index contributed by atoms with van der Waals surface area (Å²) in [5.74, 6) is 2.67. The molecule has 3 N–H and O–H groups in total. The first-order chi connectivity index (χ1) is 9.70. The van der Waals surface area contributed by atoms with E-state index < -0.39 is 0 Å². The molecule has 20 heavy (non-hydrogen) atoms. The predicted octanol–water partition coefficient (Wildman–Crippen LogP) is 1.49. The maximum Gasteiger partial charge on any atom is 0.257 e. The smallest absolute Gasteiger partial charge is 0.257 e. The molecule has 7 nitrogen and oxygen atoms in total. The van der Waals surface area contributed by atoms with E-state index in [4.69, 9.17) is 5.73 Å². The van der Waals surface area contributed by atoms with Gasteiger partial charge in [0.2, 0.25) is 11.9 Å². The SMILES string of the molecule is CC1CCC(CNc2nc(N)nc(-n3cccn3)n2)C1. The molecule has 1 saturated carbocycles. The number of nitrogen functional groups attached to an aromatic ring is 1. The van der Waals surface area contributed by atoms with Crippen molar-refractivity contribution >= 4 is 11.9 Å². The van der Waals surface area contributed by atoms with Gasteiger partial charge in [-0.3, -0.25) is 0 Å². The molecule has 106 valence electrons. The Morgan fingerprint density at radius 2 is 2.25 bits per heavy atom. The van der Waals surface area contributed by atoms with E-state index in [9.17, 15) is 0 Å². The summed E-state index contributed by atoms with van der Waals surface area (Å²) in [6.45, 7) is 3.18. The fraction of sp³-hybridized carbons (Fsp3) is 0.538. The summed E-state index contributed by atoms with van der Waals surface area (Å²) in [4.78, 5) is 12.6. The van der Waals surface area contributed by atoms with Gasteiger partial charge in [-0.1, -0.05) is 13.3 Å². The fourth-order valence-electron chi connectivity index (χ4n) is 2.70. The van der Waals surface area contributed by atoms with Crippen LogP contribution in [0.5, 0.6) is 0 Å². The normalized spacial score (nSPS) is 22.1. The zero-order valence-electron chi connectivity index (χ0n) is 11.5. The van der Waals surface area contributed by atoms with Gasteiger partial charge >= 0.3 is 0 Å². The van der Waals surface area contributed by atoms with Crippen molar-refractivity contribution in [1.29, 1.82) is 0 Å². The quantitative estimate of drug-likeness (QED) is 0.876. The summed E-state index contributed by atoms with van der Waals surface area (Å²) >= 11 is 0. The van der Waals surface area contributed by atoms with E-state index in [1.165, 1.54) is 19.3 Å². The Hall–Kier alpha value is -2.18. The number of hydrogen-bond acceptors (Lipinski definition) is 6. The highest BCUT2D eigenvalue weighted by Gasteiger charge is 2.21. The molecule has 0 bridgehead atoms. The van der Waals surface area contributed by atoms with Crippen LogP contribution in [0.25, 0.3) is 5.95 Å². The van der Waals surface area contributed by atoms with Crippen LogP contribution in [0, 0.1) is 11.8 Å². The van der Waals surface area contributed by atoms with E-state index in [0.717, 1.165) is 12.5 Å². The van der Waals surface area contributed by atoms with Crippen LogP contribution in [-0.4, -0.2) is 31.3 Å². The van der Waals surface area contributed by atoms with Gasteiger partial charge in [-0.2, -0.15) is 20.1 Å². The standard InChI is InChI=1S/C13H19N7/c1-9-3-4-10(7-9)8-15-12-17-11(14)18-13(19-12)20-6-2-5-16-20/h2,5-6,9-10H,3-4,7-8H2,1H3,(H3,14,15,17,18,19). The Kier molecular flexibility index (Phi) is 3.49. The zero-order chi connectivity index (χ0) is 13.9. The molecule has 0 saturated heterocycles. The molecule has 2 aromatic rings. The minimum atomic E-state index is 0.202. The lowest BCUT2D eigenvalue weighted by Gasteiger charge is -2.11. The van der Waals surface area contributed by atoms with E-state index in [2.05, 4.69) is 32.3 Å². The third kappa shape index (κ3) is 2.87. The fourth-order valence-corrected chi connectivity index (χ4v) is 2.70. The summed E-state index contributed by atoms with van der Waals surface area (Å²) in [6, 6.07) is 1.81. The molecule has 2 unspecified atom stereocenters. The molecule has 0 amide bonds. The van der Waals surface area contributed by atoms with E-state index in [1.807, 2.05) is 6.07 Å². The molecule has 0 aromatic carbocycles. The molecule has 1 aliphatic carbocycles. The van der Waals surface area contributed by atoms with Gasteiger partial charge < -0.3 is 11.1 Å². The van der Waals surface area contributed by atoms with Crippen LogP contribution in [0.4, 0.5) is 11.9 Å². The van der Waals surface area contributed by atoms with Crippen LogP contribution >= 0.6 is 0 Å². The lowest BCUT2D eigenvalue weighted by molar-refractivity contribution is 0.535. The number of anilines is 2. The van der Waals surface area contributed by atoms with Crippen molar-refractivity contribution in [2.75, 3.05) is 17.6 Å². The molecule has 2 atom stereocenters. The first kappa shape index (κ1) is 12.8. The van der Waals surface area contributed by atoms with Crippen molar-refractivity contribution in [1.82, 2.24) is 24.7 Å². The topological polar surface area (TPSA) is 94.5 Å². The van der Waals surface area contributed by atoms with E-state index in [1.54, 1.807) is 17.1 Å². The van der Waals surface area contributed by atoms with Crippen LogP contribution < -0.4 is 11.1 Å². The summed E-state index contributed by atoms with van der Waals surface area (Å²) in [5, 5.41) is 7.36. The maximum atomic E-state index is 5.73. The molecule has 0 spiro atoms. The molecule has 3 rings (SSSR count). The second kappa shape index (κ2) is 5.44. The highest BCUT2D eigenvalue weighted by molar-refractivity contribution is 5.34. The Morgan fingerprint density at radius 3 is 2.95 bits per heavy atom. The summed E-state index contributed by atoms with van der Waals surface area (Å²) in [5.41, 5.74) is 5.73. The Labute approximate surface area is 117 Å². The van der Waals surface area contributed by atoms with Gasteiger partial charge in [0.1, 0.15) is 0 Å². The lowest BCUT2D eigenvalue weighted by Crippen LogP contribution is -2.16. The molecule has 2 heterocycles. The van der Waals surface area contributed by atoms with Gasteiger partial charge in [0.05, 0.1) is 0 Å². The van der Waals surface area contributed by atoms with Gasteiger partial charge in [-0.05, 0) is 30.7 Å². The average molecular weight is 273 g/mol. The average Bonchev–Trinajstić information content (AvgIpc) is 3.07. The molecule has 2 aromatic heterocycles. The highest BCUT2D eigenvalue weighted by atomic mass is 15.4. The minimum Gasteiger partial charge on any atom is -0.368 e. The molecule has 0 radical (unpaired) electrons. The summed E-state index contributed by atoms with van der Waals surface area (Å²) in [7, 11) is 0. The Balaban J connectivity index is 1.70. The molecule has 0 aliphatic heterocycles. The Bertz CT molecular complexity index is 566. The van der Waals surface area contributed by atoms with E-state index in [0.29, 0.717) is 17.8 Å². The van der Waals surface area contributed by atoms with Crippen LogP contribution in [0.1, 0.15) is 26.2 Å². The number of nitrogens with zero attached hydrogens (tertiary/aromatic N) is 5. The van der Waals surface area contributed by atoms with Crippen molar-refractivity contribution in [2.24, 2.45) is 11.8 Å². The van der Waals surface area contributed by atoms with Crippen molar-refractivity contribution in [3.8, 4) is 5.95 Å². The van der Waals surface area contributed by atoms with Crippen molar-refractivity contribution in [3.05, 3.63) is 18.5 Å². The van der Waals surface area contributed by atoms with E-state index >= 15 is 0 Å². The van der Waals surface area contributed by atoms with Gasteiger partial charge in [-0.25, -0.2) is 4.68 Å². The monoisotopic (exact) mass is 273 g/mol. The van der Waals surface area contributed by atoms with Gasteiger partial charge in [-0.15, -0.1) is 0 Å². The van der Waals surface area contributed by atoms with Gasteiger partial charge in [0, 0.05) is 18.9 Å². The van der Waals surface area contributed by atoms with Crippen LogP contribution in [0.3, 0.4) is 0 Å².